The number of aromatic hydroxyl groups is 1. The molecule has 3 N–H and O–H groups in total. The molecule has 0 aliphatic heterocycles. The molecule has 7 nitrogen and oxygen atoms in total. The first-order valence-corrected chi connectivity index (χ1v) is 8.31. The van der Waals surface area contributed by atoms with Crippen LogP contribution in [0.1, 0.15) is 10.4 Å². The molecule has 4 rings (SSSR count). The van der Waals surface area contributed by atoms with Gasteiger partial charge in [-0.25, -0.2) is 4.98 Å². The molecule has 0 spiro atoms. The molecule has 0 saturated carbocycles. The monoisotopic (exact) mass is 360 g/mol. The molecule has 0 saturated heterocycles. The lowest BCUT2D eigenvalue weighted by Gasteiger charge is -2.13. The molecule has 2 heterocycles. The molecule has 4 aromatic rings. The first-order chi connectivity index (χ1) is 13.1. The summed E-state index contributed by atoms with van der Waals surface area (Å²) in [5, 5.41) is 13.6. The number of anilines is 1. The van der Waals surface area contributed by atoms with Gasteiger partial charge in [0.1, 0.15) is 11.3 Å². The van der Waals surface area contributed by atoms with Crippen molar-refractivity contribution in [3.63, 3.8) is 0 Å². The van der Waals surface area contributed by atoms with Crippen molar-refractivity contribution in [2.45, 2.75) is 6.54 Å². The van der Waals surface area contributed by atoms with E-state index in [0.29, 0.717) is 16.4 Å². The molecule has 7 heteroatoms. The van der Waals surface area contributed by atoms with Gasteiger partial charge in [0.2, 0.25) is 5.95 Å². The van der Waals surface area contributed by atoms with Crippen LogP contribution in [-0.2, 0) is 6.54 Å². The highest BCUT2D eigenvalue weighted by Gasteiger charge is 2.22. The number of rotatable bonds is 4. The second-order valence-corrected chi connectivity index (χ2v) is 6.00. The van der Waals surface area contributed by atoms with Gasteiger partial charge in [0.15, 0.2) is 0 Å². The van der Waals surface area contributed by atoms with E-state index in [2.05, 4.69) is 21.9 Å². The van der Waals surface area contributed by atoms with Crippen molar-refractivity contribution < 1.29 is 9.90 Å². The molecule has 0 unspecified atom stereocenters. The predicted molar refractivity (Wildman–Crippen MR) is 104 cm³/mol. The maximum absolute atomic E-state index is 12.9. The Labute approximate surface area is 153 Å². The van der Waals surface area contributed by atoms with Crippen LogP contribution in [0.2, 0.25) is 0 Å². The van der Waals surface area contributed by atoms with Crippen LogP contribution in [-0.4, -0.2) is 25.5 Å². The summed E-state index contributed by atoms with van der Waals surface area (Å²) in [7, 11) is 0. The van der Waals surface area contributed by atoms with Crippen molar-refractivity contribution in [2.24, 2.45) is 0 Å². The van der Waals surface area contributed by atoms with Crippen LogP contribution < -0.4 is 10.9 Å². The number of amides is 1. The Hall–Kier alpha value is -3.87. The van der Waals surface area contributed by atoms with Crippen LogP contribution >= 0.6 is 0 Å². The van der Waals surface area contributed by atoms with Gasteiger partial charge in [-0.05, 0) is 24.3 Å². The molecule has 134 valence electrons. The molecular weight excluding hydrogens is 344 g/mol. The predicted octanol–water partition coefficient (Wildman–Crippen LogP) is 3.02. The Morgan fingerprint density at radius 1 is 1.22 bits per heavy atom. The number of allylic oxidation sites excluding steroid dienone is 1. The largest absolute Gasteiger partial charge is 0.506 e. The summed E-state index contributed by atoms with van der Waals surface area (Å²) in [5.74, 6) is -0.895. The summed E-state index contributed by atoms with van der Waals surface area (Å²) in [6, 6.07) is 14.1. The molecule has 27 heavy (non-hydrogen) atoms. The average Bonchev–Trinajstić information content (AvgIpc) is 3.07. The van der Waals surface area contributed by atoms with Crippen molar-refractivity contribution in [2.75, 3.05) is 5.32 Å². The summed E-state index contributed by atoms with van der Waals surface area (Å²) >= 11 is 0. The number of nitrogens with one attached hydrogen (secondary N) is 2. The quantitative estimate of drug-likeness (QED) is 0.487. The van der Waals surface area contributed by atoms with Crippen molar-refractivity contribution in [3.05, 3.63) is 77.1 Å². The molecule has 0 aliphatic rings. The van der Waals surface area contributed by atoms with Crippen LogP contribution in [0.15, 0.2) is 66.0 Å². The third kappa shape index (κ3) is 2.75. The number of nitrogens with zero attached hydrogens (tertiary/aromatic N) is 2. The second kappa shape index (κ2) is 6.45. The van der Waals surface area contributed by atoms with Gasteiger partial charge in [-0.3, -0.25) is 14.9 Å². The van der Waals surface area contributed by atoms with Crippen LogP contribution in [0.5, 0.6) is 5.75 Å². The highest BCUT2D eigenvalue weighted by Crippen LogP contribution is 2.27. The third-order valence-electron chi connectivity index (χ3n) is 4.31. The van der Waals surface area contributed by atoms with Crippen LogP contribution in [0.4, 0.5) is 5.95 Å². The van der Waals surface area contributed by atoms with E-state index in [1.165, 1.54) is 4.57 Å². The Bertz CT molecular complexity index is 1220. The normalized spacial score (nSPS) is 11.0. The maximum Gasteiger partial charge on any atom is 0.268 e. The van der Waals surface area contributed by atoms with Gasteiger partial charge < -0.3 is 14.7 Å². The lowest BCUT2D eigenvalue weighted by Crippen LogP contribution is -2.29. The summed E-state index contributed by atoms with van der Waals surface area (Å²) in [4.78, 5) is 32.9. The zero-order valence-electron chi connectivity index (χ0n) is 14.3. The number of carbonyl (C=O) groups excluding carboxylic acids is 1. The first-order valence-electron chi connectivity index (χ1n) is 8.31. The number of carbonyl (C=O) groups is 1. The Morgan fingerprint density at radius 2 is 1.96 bits per heavy atom. The van der Waals surface area contributed by atoms with E-state index < -0.39 is 11.5 Å². The number of benzene rings is 2. The fraction of sp³-hybridized carbons (Fsp3) is 0.0500. The van der Waals surface area contributed by atoms with E-state index in [9.17, 15) is 14.7 Å². The number of imidazole rings is 1. The molecule has 0 bridgehead atoms. The zero-order chi connectivity index (χ0) is 19.0. The van der Waals surface area contributed by atoms with Gasteiger partial charge in [0.25, 0.3) is 11.5 Å². The number of hydrogen-bond acceptors (Lipinski definition) is 4. The number of para-hydroxylation sites is 3. The first kappa shape index (κ1) is 16.6. The Kier molecular flexibility index (Phi) is 3.97. The minimum Gasteiger partial charge on any atom is -0.506 e. The fourth-order valence-electron chi connectivity index (χ4n) is 3.09. The van der Waals surface area contributed by atoms with Gasteiger partial charge in [-0.15, -0.1) is 6.58 Å². The molecule has 0 atom stereocenters. The van der Waals surface area contributed by atoms with E-state index in [0.717, 1.165) is 5.52 Å². The van der Waals surface area contributed by atoms with Crippen molar-refractivity contribution in [1.29, 1.82) is 0 Å². The van der Waals surface area contributed by atoms with Gasteiger partial charge in [-0.1, -0.05) is 30.3 Å². The molecule has 1 amide bonds. The SMILES string of the molecule is C=CCn1c(=O)c(C(=O)Nc2nc3ccccc3[nH]2)c(O)c2ccccc21. The summed E-state index contributed by atoms with van der Waals surface area (Å²) < 4.78 is 1.40. The van der Waals surface area contributed by atoms with Crippen LogP contribution in [0.3, 0.4) is 0 Å². The Balaban J connectivity index is 1.83. The van der Waals surface area contributed by atoms with Gasteiger partial charge >= 0.3 is 0 Å². The minimum atomic E-state index is -0.736. The number of H-pyrrole nitrogens is 1. The highest BCUT2D eigenvalue weighted by molar-refractivity contribution is 6.08. The van der Waals surface area contributed by atoms with Gasteiger partial charge in [0.05, 0.1) is 16.6 Å². The van der Waals surface area contributed by atoms with E-state index in [4.69, 9.17) is 0 Å². The molecule has 0 fully saturated rings. The minimum absolute atomic E-state index is 0.198. The molecule has 0 radical (unpaired) electrons. The zero-order valence-corrected chi connectivity index (χ0v) is 14.3. The maximum atomic E-state index is 12.9. The number of aromatic amines is 1. The van der Waals surface area contributed by atoms with E-state index >= 15 is 0 Å². The lowest BCUT2D eigenvalue weighted by molar-refractivity contribution is 0.102. The average molecular weight is 360 g/mol. The van der Waals surface area contributed by atoms with Crippen molar-refractivity contribution in [1.82, 2.24) is 14.5 Å². The van der Waals surface area contributed by atoms with Gasteiger partial charge in [-0.2, -0.15) is 0 Å². The highest BCUT2D eigenvalue weighted by atomic mass is 16.3. The van der Waals surface area contributed by atoms with Crippen molar-refractivity contribution >= 4 is 33.8 Å². The topological polar surface area (TPSA) is 100 Å². The number of hydrogen-bond donors (Lipinski definition) is 3. The van der Waals surface area contributed by atoms with E-state index in [1.54, 1.807) is 36.4 Å². The van der Waals surface area contributed by atoms with Crippen LogP contribution in [0, 0.1) is 0 Å². The third-order valence-corrected chi connectivity index (χ3v) is 4.31. The number of pyridine rings is 1. The van der Waals surface area contributed by atoms with Crippen molar-refractivity contribution in [3.8, 4) is 5.75 Å². The summed E-state index contributed by atoms with van der Waals surface area (Å²) in [5.41, 5.74) is 1.02. The number of fused-ring (bicyclic) bond motifs is 2. The lowest BCUT2D eigenvalue weighted by atomic mass is 10.1. The summed E-state index contributed by atoms with van der Waals surface area (Å²) in [6.45, 7) is 3.87. The Morgan fingerprint density at radius 3 is 2.74 bits per heavy atom. The smallest absolute Gasteiger partial charge is 0.268 e. The fourth-order valence-corrected chi connectivity index (χ4v) is 3.09. The van der Waals surface area contributed by atoms with E-state index in [-0.39, 0.29) is 23.8 Å². The second-order valence-electron chi connectivity index (χ2n) is 6.00. The van der Waals surface area contributed by atoms with Gasteiger partial charge in [0, 0.05) is 11.9 Å². The molecule has 0 aliphatic carbocycles. The summed E-state index contributed by atoms with van der Waals surface area (Å²) in [6.07, 6.45) is 1.56. The molecule has 2 aromatic carbocycles. The van der Waals surface area contributed by atoms with Crippen LogP contribution in [0.25, 0.3) is 21.9 Å². The van der Waals surface area contributed by atoms with E-state index in [1.807, 2.05) is 18.2 Å². The standard InChI is InChI=1S/C20H16N4O3/c1-2-11-24-15-10-6-3-7-12(15)17(25)16(19(24)27)18(26)23-20-21-13-8-4-5-9-14(13)22-20/h2-10,25H,1,11H2,(H2,21,22,23,26). The molecular formula is C20H16N4O3. The molecule has 2 aromatic heterocycles. The number of aromatic nitrogens is 3.